The molecule has 4 aromatic rings. The average molecular weight is 500 g/mol. The van der Waals surface area contributed by atoms with Crippen molar-refractivity contribution < 1.29 is 26.7 Å². The van der Waals surface area contributed by atoms with Gasteiger partial charge in [0, 0.05) is 30.7 Å². The lowest BCUT2D eigenvalue weighted by atomic mass is 10.0. The van der Waals surface area contributed by atoms with Gasteiger partial charge in [-0.25, -0.2) is 26.9 Å². The molecular formula is C22H18F2N6O4S. The molecule has 1 fully saturated rings. The Labute approximate surface area is 198 Å². The Balaban J connectivity index is 1.68. The Morgan fingerprint density at radius 3 is 2.66 bits per heavy atom. The first-order chi connectivity index (χ1) is 16.7. The van der Waals surface area contributed by atoms with E-state index >= 15 is 4.39 Å². The first-order valence-electron chi connectivity index (χ1n) is 10.4. The Morgan fingerprint density at radius 2 is 1.97 bits per heavy atom. The molecule has 10 nitrogen and oxygen atoms in total. The van der Waals surface area contributed by atoms with Crippen LogP contribution in [-0.2, 0) is 14.8 Å². The molecule has 1 aliphatic rings. The second kappa shape index (κ2) is 8.76. The largest absolute Gasteiger partial charge is 0.342 e. The van der Waals surface area contributed by atoms with Crippen molar-refractivity contribution in [2.45, 2.75) is 6.35 Å². The van der Waals surface area contributed by atoms with E-state index in [4.69, 9.17) is 4.74 Å². The summed E-state index contributed by atoms with van der Waals surface area (Å²) in [6, 6.07) is 6.96. The molecule has 2 N–H and O–H groups in total. The number of carbonyl (C=O) groups excluding carboxylic acids is 1. The van der Waals surface area contributed by atoms with Gasteiger partial charge in [-0.3, -0.25) is 19.8 Å². The zero-order chi connectivity index (χ0) is 24.7. The van der Waals surface area contributed by atoms with Crippen LogP contribution in [0.5, 0.6) is 0 Å². The minimum absolute atomic E-state index is 0.156. The molecule has 1 aliphatic heterocycles. The van der Waals surface area contributed by atoms with Gasteiger partial charge in [0.25, 0.3) is 0 Å². The molecule has 5 rings (SSSR count). The van der Waals surface area contributed by atoms with Crippen LogP contribution < -0.4 is 10.0 Å². The smallest absolute Gasteiger partial charge is 0.230 e. The van der Waals surface area contributed by atoms with Crippen LogP contribution >= 0.6 is 0 Å². The van der Waals surface area contributed by atoms with Crippen LogP contribution in [0.4, 0.5) is 14.5 Å². The van der Waals surface area contributed by atoms with Crippen molar-refractivity contribution in [1.29, 1.82) is 0 Å². The van der Waals surface area contributed by atoms with Crippen LogP contribution in [0.3, 0.4) is 0 Å². The summed E-state index contributed by atoms with van der Waals surface area (Å²) < 4.78 is 61.3. The number of halogens is 2. The SMILES string of the molecule is CS(=O)(=O)Nc1c(F)ccc(C(=O)c2nn(C3NCCO3)c3ncc(-c4ccncc4)cc23)c1F. The highest BCUT2D eigenvalue weighted by molar-refractivity contribution is 7.92. The number of sulfonamides is 1. The highest BCUT2D eigenvalue weighted by Crippen LogP contribution is 2.30. The molecule has 180 valence electrons. The van der Waals surface area contributed by atoms with Gasteiger partial charge in [0.2, 0.25) is 22.2 Å². The maximum absolute atomic E-state index is 15.2. The van der Waals surface area contributed by atoms with Crippen molar-refractivity contribution in [2.75, 3.05) is 24.1 Å². The predicted octanol–water partition coefficient (Wildman–Crippen LogP) is 2.45. The number of anilines is 1. The number of ketones is 1. The van der Waals surface area contributed by atoms with Crippen molar-refractivity contribution in [3.8, 4) is 11.1 Å². The van der Waals surface area contributed by atoms with Gasteiger partial charge in [-0.2, -0.15) is 5.10 Å². The maximum atomic E-state index is 15.2. The average Bonchev–Trinajstić information content (AvgIpc) is 3.49. The van der Waals surface area contributed by atoms with E-state index in [1.807, 2.05) is 0 Å². The third-order valence-electron chi connectivity index (χ3n) is 5.32. The van der Waals surface area contributed by atoms with Crippen LogP contribution in [0.1, 0.15) is 22.4 Å². The second-order valence-electron chi connectivity index (χ2n) is 7.79. The summed E-state index contributed by atoms with van der Waals surface area (Å²) in [6.45, 7) is 0.967. The quantitative estimate of drug-likeness (QED) is 0.387. The molecule has 0 spiro atoms. The normalized spacial score (nSPS) is 16.0. The summed E-state index contributed by atoms with van der Waals surface area (Å²) in [5.74, 6) is -3.39. The first kappa shape index (κ1) is 23.0. The van der Waals surface area contributed by atoms with E-state index < -0.39 is 45.0 Å². The van der Waals surface area contributed by atoms with E-state index in [9.17, 15) is 17.6 Å². The molecule has 35 heavy (non-hydrogen) atoms. The van der Waals surface area contributed by atoms with E-state index in [-0.39, 0.29) is 5.69 Å². The fourth-order valence-corrected chi connectivity index (χ4v) is 4.32. The summed E-state index contributed by atoms with van der Waals surface area (Å²) in [5, 5.41) is 7.74. The highest BCUT2D eigenvalue weighted by Gasteiger charge is 2.29. The van der Waals surface area contributed by atoms with Crippen LogP contribution in [0.2, 0.25) is 0 Å². The Kier molecular flexibility index (Phi) is 5.75. The third kappa shape index (κ3) is 4.36. The van der Waals surface area contributed by atoms with Gasteiger partial charge in [-0.1, -0.05) is 0 Å². The molecule has 0 amide bonds. The van der Waals surface area contributed by atoms with E-state index in [0.29, 0.717) is 29.7 Å². The summed E-state index contributed by atoms with van der Waals surface area (Å²) in [6.07, 6.45) is 4.87. The molecule has 1 saturated heterocycles. The van der Waals surface area contributed by atoms with Crippen LogP contribution in [0.25, 0.3) is 22.2 Å². The van der Waals surface area contributed by atoms with Crippen molar-refractivity contribution in [2.24, 2.45) is 0 Å². The molecule has 0 radical (unpaired) electrons. The lowest BCUT2D eigenvalue weighted by molar-refractivity contribution is 0.0372. The molecule has 0 saturated carbocycles. The molecule has 1 aromatic carbocycles. The minimum atomic E-state index is -4.01. The molecule has 1 unspecified atom stereocenters. The van der Waals surface area contributed by atoms with Crippen molar-refractivity contribution >= 4 is 32.5 Å². The molecule has 0 aliphatic carbocycles. The van der Waals surface area contributed by atoms with Gasteiger partial charge in [0.15, 0.2) is 11.5 Å². The van der Waals surface area contributed by atoms with Crippen LogP contribution in [0.15, 0.2) is 48.9 Å². The van der Waals surface area contributed by atoms with E-state index in [0.717, 1.165) is 24.0 Å². The molecule has 4 heterocycles. The second-order valence-corrected chi connectivity index (χ2v) is 9.54. The van der Waals surface area contributed by atoms with Gasteiger partial charge >= 0.3 is 0 Å². The number of hydrogen-bond acceptors (Lipinski definition) is 8. The van der Waals surface area contributed by atoms with Crippen LogP contribution in [-0.4, -0.2) is 53.4 Å². The van der Waals surface area contributed by atoms with Gasteiger partial charge in [-0.05, 0) is 35.9 Å². The van der Waals surface area contributed by atoms with Crippen molar-refractivity contribution in [3.05, 3.63) is 71.8 Å². The molecule has 1 atom stereocenters. The zero-order valence-corrected chi connectivity index (χ0v) is 19.0. The van der Waals surface area contributed by atoms with Crippen LogP contribution in [0, 0.1) is 11.6 Å². The molecular weight excluding hydrogens is 482 g/mol. The Hall–Kier alpha value is -3.81. The fraction of sp³-hybridized carbons (Fsp3) is 0.182. The molecule has 0 bridgehead atoms. The number of nitrogens with zero attached hydrogens (tertiary/aromatic N) is 4. The van der Waals surface area contributed by atoms with Gasteiger partial charge in [0.05, 0.1) is 23.8 Å². The number of ether oxygens (including phenoxy) is 1. The third-order valence-corrected chi connectivity index (χ3v) is 5.89. The van der Waals surface area contributed by atoms with Gasteiger partial charge < -0.3 is 4.74 Å². The monoisotopic (exact) mass is 500 g/mol. The Morgan fingerprint density at radius 1 is 1.20 bits per heavy atom. The lowest BCUT2D eigenvalue weighted by Gasteiger charge is -2.11. The summed E-state index contributed by atoms with van der Waals surface area (Å²) in [5.41, 5.74) is 0.0903. The first-order valence-corrected chi connectivity index (χ1v) is 12.3. The van der Waals surface area contributed by atoms with E-state index in [2.05, 4.69) is 20.4 Å². The van der Waals surface area contributed by atoms with Crippen molar-refractivity contribution in [3.63, 3.8) is 0 Å². The summed E-state index contributed by atoms with van der Waals surface area (Å²) in [7, 11) is -4.01. The zero-order valence-electron chi connectivity index (χ0n) is 18.2. The Bertz CT molecular complexity index is 1550. The number of rotatable bonds is 6. The lowest BCUT2D eigenvalue weighted by Crippen LogP contribution is -2.22. The maximum Gasteiger partial charge on any atom is 0.230 e. The fourth-order valence-electron chi connectivity index (χ4n) is 3.76. The number of pyridine rings is 2. The van der Waals surface area contributed by atoms with E-state index in [1.54, 1.807) is 41.5 Å². The highest BCUT2D eigenvalue weighted by atomic mass is 32.2. The topological polar surface area (TPSA) is 128 Å². The number of benzene rings is 1. The molecule has 3 aromatic heterocycles. The van der Waals surface area contributed by atoms with Gasteiger partial charge in [-0.15, -0.1) is 0 Å². The number of aromatic nitrogens is 4. The standard InChI is InChI=1S/C22H18F2N6O4S/c1-35(32,33)29-19-16(23)3-2-14(17(19)24)20(31)18-15-10-13(12-4-6-25-7-5-12)11-27-21(15)30(28-18)22-26-8-9-34-22/h2-7,10-11,22,26,29H,8-9H2,1H3. The summed E-state index contributed by atoms with van der Waals surface area (Å²) in [4.78, 5) is 21.9. The molecule has 13 heteroatoms. The number of nitrogens with one attached hydrogen (secondary N) is 2. The van der Waals surface area contributed by atoms with Gasteiger partial charge in [0.1, 0.15) is 17.2 Å². The van der Waals surface area contributed by atoms with E-state index in [1.165, 1.54) is 4.68 Å². The van der Waals surface area contributed by atoms with Crippen molar-refractivity contribution in [1.82, 2.24) is 25.1 Å². The minimum Gasteiger partial charge on any atom is -0.342 e. The summed E-state index contributed by atoms with van der Waals surface area (Å²) >= 11 is 0. The number of carbonyl (C=O) groups is 1. The number of hydrogen-bond donors (Lipinski definition) is 2. The predicted molar refractivity (Wildman–Crippen MR) is 122 cm³/mol. The number of fused-ring (bicyclic) bond motifs is 1.